The molecule has 0 aromatic carbocycles. The third-order valence-electron chi connectivity index (χ3n) is 4.84. The first kappa shape index (κ1) is 8.28. The number of ether oxygens (including phenoxy) is 1. The molecular formula is C13H14O2. The van der Waals surface area contributed by atoms with Gasteiger partial charge in [-0.05, 0) is 49.8 Å². The molecule has 4 atom stereocenters. The Hall–Kier alpha value is -0.890. The Balaban J connectivity index is 1.92. The molecule has 3 aliphatic carbocycles. The number of carbonyl (C=O) groups excluding carboxylic acids is 1. The maximum atomic E-state index is 11.4. The van der Waals surface area contributed by atoms with E-state index in [1.165, 1.54) is 12.0 Å². The smallest absolute Gasteiger partial charge is 0.178 e. The van der Waals surface area contributed by atoms with E-state index in [-0.39, 0.29) is 22.9 Å². The molecule has 0 aromatic rings. The second-order valence-electron chi connectivity index (χ2n) is 5.72. The van der Waals surface area contributed by atoms with Gasteiger partial charge < -0.3 is 4.74 Å². The van der Waals surface area contributed by atoms with Crippen molar-refractivity contribution in [3.8, 4) is 0 Å². The molecule has 4 fully saturated rings. The number of hydrogen-bond donors (Lipinski definition) is 0. The second-order valence-corrected chi connectivity index (χ2v) is 5.72. The minimum Gasteiger partial charge on any atom is -0.367 e. The molecule has 2 nitrogen and oxygen atoms in total. The van der Waals surface area contributed by atoms with E-state index in [1.807, 2.05) is 6.08 Å². The maximum absolute atomic E-state index is 11.4. The number of allylic oxidation sites excluding steroid dienone is 3. The Morgan fingerprint density at radius 3 is 3.20 bits per heavy atom. The fraction of sp³-hybridized carbons (Fsp3) is 0.615. The highest BCUT2D eigenvalue weighted by atomic mass is 16.5. The van der Waals surface area contributed by atoms with Crippen molar-refractivity contribution >= 4 is 5.78 Å². The molecular weight excluding hydrogens is 188 g/mol. The molecule has 2 saturated heterocycles. The normalized spacial score (nSPS) is 54.7. The summed E-state index contributed by atoms with van der Waals surface area (Å²) in [4.78, 5) is 11.4. The van der Waals surface area contributed by atoms with Gasteiger partial charge in [0, 0.05) is 5.41 Å². The first-order chi connectivity index (χ1) is 7.11. The zero-order valence-electron chi connectivity index (χ0n) is 8.82. The van der Waals surface area contributed by atoms with Gasteiger partial charge >= 0.3 is 0 Å². The Morgan fingerprint density at radius 1 is 1.53 bits per heavy atom. The van der Waals surface area contributed by atoms with E-state index in [4.69, 9.17) is 4.74 Å². The molecule has 15 heavy (non-hydrogen) atoms. The second kappa shape index (κ2) is 2.12. The third-order valence-corrected chi connectivity index (χ3v) is 4.84. The van der Waals surface area contributed by atoms with Crippen molar-refractivity contribution in [3.63, 3.8) is 0 Å². The third kappa shape index (κ3) is 0.795. The molecule has 5 rings (SSSR count). The summed E-state index contributed by atoms with van der Waals surface area (Å²) < 4.78 is 6.10. The van der Waals surface area contributed by atoms with Crippen molar-refractivity contribution in [1.29, 1.82) is 0 Å². The van der Waals surface area contributed by atoms with Crippen LogP contribution in [0.3, 0.4) is 0 Å². The monoisotopic (exact) mass is 202 g/mol. The van der Waals surface area contributed by atoms with Gasteiger partial charge in [-0.15, -0.1) is 0 Å². The highest BCUT2D eigenvalue weighted by Gasteiger charge is 2.65. The van der Waals surface area contributed by atoms with Gasteiger partial charge in [0.25, 0.3) is 0 Å². The van der Waals surface area contributed by atoms with Crippen molar-refractivity contribution in [3.05, 3.63) is 23.8 Å². The van der Waals surface area contributed by atoms with Gasteiger partial charge in [-0.1, -0.05) is 6.08 Å². The summed E-state index contributed by atoms with van der Waals surface area (Å²) in [5.74, 6) is 0.843. The van der Waals surface area contributed by atoms with Gasteiger partial charge in [0.1, 0.15) is 0 Å². The fourth-order valence-electron chi connectivity index (χ4n) is 4.23. The van der Waals surface area contributed by atoms with Crippen LogP contribution in [0.5, 0.6) is 0 Å². The molecule has 0 unspecified atom stereocenters. The van der Waals surface area contributed by atoms with E-state index in [0.717, 1.165) is 12.8 Å². The zero-order chi connectivity index (χ0) is 10.3. The molecule has 2 aliphatic heterocycles. The predicted molar refractivity (Wildman–Crippen MR) is 55.3 cm³/mol. The first-order valence-corrected chi connectivity index (χ1v) is 5.74. The Kier molecular flexibility index (Phi) is 1.17. The van der Waals surface area contributed by atoms with Gasteiger partial charge in [-0.3, -0.25) is 4.79 Å². The summed E-state index contributed by atoms with van der Waals surface area (Å²) in [5.41, 5.74) is 1.54. The first-order valence-electron chi connectivity index (χ1n) is 5.74. The molecule has 4 bridgehead atoms. The van der Waals surface area contributed by atoms with E-state index < -0.39 is 0 Å². The highest BCUT2D eigenvalue weighted by Crippen LogP contribution is 2.67. The number of ketones is 1. The average Bonchev–Trinajstić information content (AvgIpc) is 2.54. The van der Waals surface area contributed by atoms with E-state index in [9.17, 15) is 4.79 Å². The van der Waals surface area contributed by atoms with E-state index >= 15 is 0 Å². The van der Waals surface area contributed by atoms with Crippen LogP contribution in [-0.2, 0) is 9.53 Å². The molecule has 5 aliphatic rings. The van der Waals surface area contributed by atoms with Crippen LogP contribution in [-0.4, -0.2) is 17.5 Å². The number of rotatable bonds is 0. The lowest BCUT2D eigenvalue weighted by Gasteiger charge is -2.42. The minimum atomic E-state index is 0.0900. The largest absolute Gasteiger partial charge is 0.367 e. The van der Waals surface area contributed by atoms with Crippen LogP contribution in [0, 0.1) is 11.3 Å². The lowest BCUT2D eigenvalue weighted by molar-refractivity contribution is -0.111. The topological polar surface area (TPSA) is 26.3 Å². The lowest BCUT2D eigenvalue weighted by atomic mass is 9.68. The van der Waals surface area contributed by atoms with Crippen LogP contribution in [0.2, 0.25) is 0 Å². The molecule has 0 radical (unpaired) electrons. The maximum Gasteiger partial charge on any atom is 0.178 e. The molecule has 0 aromatic heterocycles. The molecule has 1 spiro atoms. The van der Waals surface area contributed by atoms with Crippen molar-refractivity contribution < 1.29 is 9.53 Å². The van der Waals surface area contributed by atoms with Crippen LogP contribution >= 0.6 is 0 Å². The molecule has 2 saturated carbocycles. The van der Waals surface area contributed by atoms with Gasteiger partial charge in [-0.25, -0.2) is 0 Å². The minimum absolute atomic E-state index is 0.0900. The SMILES string of the molecule is C[C@]12C[C@@]34C=CC(=O)C=C3[C@H](C[C@H]1C4)O2. The van der Waals surface area contributed by atoms with Crippen LogP contribution in [0.1, 0.15) is 26.2 Å². The molecule has 78 valence electrons. The van der Waals surface area contributed by atoms with Crippen LogP contribution in [0.4, 0.5) is 0 Å². The standard InChI is InChI=1S/C13H14O2/c1-12-7-13-3-2-9(14)5-10(13)11(15-12)4-8(12)6-13/h2-3,5,8,11H,4,6-7H2,1H3/t8-,11-,12-,13-/m0/s1. The van der Waals surface area contributed by atoms with E-state index in [2.05, 4.69) is 13.0 Å². The summed E-state index contributed by atoms with van der Waals surface area (Å²) in [6, 6.07) is 0. The fourth-order valence-corrected chi connectivity index (χ4v) is 4.23. The summed E-state index contributed by atoms with van der Waals surface area (Å²) in [6.07, 6.45) is 9.36. The van der Waals surface area contributed by atoms with Crippen molar-refractivity contribution in [1.82, 2.24) is 0 Å². The van der Waals surface area contributed by atoms with Gasteiger partial charge in [0.15, 0.2) is 5.78 Å². The zero-order valence-corrected chi connectivity index (χ0v) is 8.82. The highest BCUT2D eigenvalue weighted by molar-refractivity contribution is 6.01. The lowest BCUT2D eigenvalue weighted by Crippen LogP contribution is -2.39. The molecule has 2 heterocycles. The average molecular weight is 202 g/mol. The van der Waals surface area contributed by atoms with Crippen molar-refractivity contribution in [2.75, 3.05) is 0 Å². The Labute approximate surface area is 89.0 Å². The molecule has 0 N–H and O–H groups in total. The van der Waals surface area contributed by atoms with Crippen LogP contribution < -0.4 is 0 Å². The Bertz CT molecular complexity index is 434. The molecule has 0 amide bonds. The van der Waals surface area contributed by atoms with Crippen molar-refractivity contribution in [2.24, 2.45) is 11.3 Å². The molecule has 2 heteroatoms. The summed E-state index contributed by atoms with van der Waals surface area (Å²) in [5, 5.41) is 0. The summed E-state index contributed by atoms with van der Waals surface area (Å²) >= 11 is 0. The van der Waals surface area contributed by atoms with E-state index in [1.54, 1.807) is 6.08 Å². The van der Waals surface area contributed by atoms with Gasteiger partial charge in [0.2, 0.25) is 0 Å². The van der Waals surface area contributed by atoms with Gasteiger partial charge in [-0.2, -0.15) is 0 Å². The summed E-state index contributed by atoms with van der Waals surface area (Å²) in [7, 11) is 0. The van der Waals surface area contributed by atoms with Crippen LogP contribution in [0.15, 0.2) is 23.8 Å². The van der Waals surface area contributed by atoms with Crippen molar-refractivity contribution in [2.45, 2.75) is 37.9 Å². The quantitative estimate of drug-likeness (QED) is 0.600. The number of hydrogen-bond acceptors (Lipinski definition) is 2. The number of carbonyl (C=O) groups is 1. The summed E-state index contributed by atoms with van der Waals surface area (Å²) in [6.45, 7) is 2.24. The van der Waals surface area contributed by atoms with E-state index in [0.29, 0.717) is 5.92 Å². The van der Waals surface area contributed by atoms with Crippen LogP contribution in [0.25, 0.3) is 0 Å². The Morgan fingerprint density at radius 2 is 2.40 bits per heavy atom. The van der Waals surface area contributed by atoms with Gasteiger partial charge in [0.05, 0.1) is 11.7 Å². The predicted octanol–water partition coefficient (Wildman–Crippen LogP) is 2.01.